The molecule has 0 bridgehead atoms. The zero-order valence-corrected chi connectivity index (χ0v) is 14.8. The molecule has 0 aromatic heterocycles. The SMILES string of the molecule is CC.CC.CC1CN(C(=O)NCCN2C(=O)CC(C)C2=O)C1.[HH]. The number of hydrogen-bond donors (Lipinski definition) is 1. The standard InChI is InChI=1S/C12H19N3O3.2C2H6.H2/c1-8-6-14(7-8)12(18)13-3-4-15-10(16)5-9(2)11(15)17;2*1-2;/h8-9H,3-7H2,1-2H3,(H,13,18);2*1-2H3;1H. The van der Waals surface area contributed by atoms with Crippen LogP contribution in [0.25, 0.3) is 0 Å². The number of imide groups is 1. The van der Waals surface area contributed by atoms with Gasteiger partial charge in [-0.2, -0.15) is 0 Å². The summed E-state index contributed by atoms with van der Waals surface area (Å²) in [7, 11) is 0. The van der Waals surface area contributed by atoms with Crippen LogP contribution >= 0.6 is 0 Å². The predicted octanol–water partition coefficient (Wildman–Crippen LogP) is 2.34. The van der Waals surface area contributed by atoms with Gasteiger partial charge in [0.1, 0.15) is 0 Å². The number of amides is 4. The van der Waals surface area contributed by atoms with Crippen LogP contribution in [0.4, 0.5) is 4.79 Å². The van der Waals surface area contributed by atoms with E-state index in [4.69, 9.17) is 0 Å². The Morgan fingerprint density at radius 3 is 2.14 bits per heavy atom. The number of nitrogens with one attached hydrogen (secondary N) is 1. The summed E-state index contributed by atoms with van der Waals surface area (Å²) in [4.78, 5) is 37.7. The molecular weight excluding hydrogens is 282 g/mol. The van der Waals surface area contributed by atoms with Gasteiger partial charge < -0.3 is 10.2 Å². The number of rotatable bonds is 3. The van der Waals surface area contributed by atoms with E-state index in [1.165, 1.54) is 4.90 Å². The lowest BCUT2D eigenvalue weighted by Crippen LogP contribution is -2.53. The Morgan fingerprint density at radius 1 is 1.18 bits per heavy atom. The van der Waals surface area contributed by atoms with Crippen molar-refractivity contribution < 1.29 is 15.8 Å². The topological polar surface area (TPSA) is 69.7 Å². The minimum Gasteiger partial charge on any atom is -0.336 e. The van der Waals surface area contributed by atoms with E-state index in [1.807, 2.05) is 27.7 Å². The van der Waals surface area contributed by atoms with Crippen molar-refractivity contribution in [1.29, 1.82) is 0 Å². The Morgan fingerprint density at radius 2 is 1.73 bits per heavy atom. The zero-order valence-electron chi connectivity index (χ0n) is 14.8. The molecule has 2 saturated heterocycles. The van der Waals surface area contributed by atoms with Gasteiger partial charge in [-0.1, -0.05) is 41.5 Å². The lowest BCUT2D eigenvalue weighted by atomic mass is 10.0. The fourth-order valence-corrected chi connectivity index (χ4v) is 2.33. The summed E-state index contributed by atoms with van der Waals surface area (Å²) in [6.45, 7) is 14.0. The largest absolute Gasteiger partial charge is 0.336 e. The highest BCUT2D eigenvalue weighted by atomic mass is 16.2. The molecule has 0 saturated carbocycles. The first-order chi connectivity index (χ1) is 10.5. The van der Waals surface area contributed by atoms with Gasteiger partial charge in [-0.05, 0) is 5.92 Å². The van der Waals surface area contributed by atoms with Gasteiger partial charge in [0.25, 0.3) is 0 Å². The van der Waals surface area contributed by atoms with Crippen LogP contribution in [0.3, 0.4) is 0 Å². The highest BCUT2D eigenvalue weighted by Crippen LogP contribution is 2.18. The van der Waals surface area contributed by atoms with Gasteiger partial charge in [-0.3, -0.25) is 14.5 Å². The van der Waals surface area contributed by atoms with E-state index in [9.17, 15) is 14.4 Å². The van der Waals surface area contributed by atoms with Gasteiger partial charge in [-0.15, -0.1) is 0 Å². The Kier molecular flexibility index (Phi) is 9.45. The Hall–Kier alpha value is -1.59. The summed E-state index contributed by atoms with van der Waals surface area (Å²) in [5, 5.41) is 2.73. The summed E-state index contributed by atoms with van der Waals surface area (Å²) < 4.78 is 0. The minimum atomic E-state index is -0.218. The molecule has 6 nitrogen and oxygen atoms in total. The number of carbonyl (C=O) groups is 3. The monoisotopic (exact) mass is 315 g/mol. The third-order valence-corrected chi connectivity index (χ3v) is 3.43. The number of urea groups is 1. The molecule has 6 heteroatoms. The second kappa shape index (κ2) is 10.2. The predicted molar refractivity (Wildman–Crippen MR) is 89.4 cm³/mol. The number of likely N-dealkylation sites (tertiary alicyclic amines) is 2. The minimum absolute atomic E-state index is 0. The molecule has 0 spiro atoms. The van der Waals surface area contributed by atoms with Crippen molar-refractivity contribution in [2.75, 3.05) is 26.2 Å². The summed E-state index contributed by atoms with van der Waals surface area (Å²) in [5.74, 6) is 0.0777. The van der Waals surface area contributed by atoms with Crippen molar-refractivity contribution >= 4 is 17.8 Å². The molecule has 130 valence electrons. The van der Waals surface area contributed by atoms with E-state index in [1.54, 1.807) is 11.8 Å². The molecule has 0 radical (unpaired) electrons. The molecule has 1 atom stereocenters. The van der Waals surface area contributed by atoms with E-state index in [2.05, 4.69) is 12.2 Å². The second-order valence-corrected chi connectivity index (χ2v) is 5.23. The van der Waals surface area contributed by atoms with Crippen molar-refractivity contribution in [3.63, 3.8) is 0 Å². The summed E-state index contributed by atoms with van der Waals surface area (Å²) in [6, 6.07) is -0.111. The average molecular weight is 315 g/mol. The Labute approximate surface area is 135 Å². The molecule has 2 rings (SSSR count). The van der Waals surface area contributed by atoms with Crippen molar-refractivity contribution in [3.05, 3.63) is 0 Å². The normalized spacial score (nSPS) is 20.5. The van der Waals surface area contributed by atoms with Crippen LogP contribution in [-0.2, 0) is 9.59 Å². The van der Waals surface area contributed by atoms with Gasteiger partial charge in [0.15, 0.2) is 0 Å². The summed E-state index contributed by atoms with van der Waals surface area (Å²) in [5.41, 5.74) is 0. The maximum absolute atomic E-state index is 11.6. The molecule has 22 heavy (non-hydrogen) atoms. The van der Waals surface area contributed by atoms with Crippen LogP contribution in [0.2, 0.25) is 0 Å². The molecule has 1 unspecified atom stereocenters. The molecule has 1 N–H and O–H groups in total. The maximum Gasteiger partial charge on any atom is 0.317 e. The molecule has 2 aliphatic rings. The van der Waals surface area contributed by atoms with Gasteiger partial charge in [0.2, 0.25) is 11.8 Å². The number of hydrogen-bond acceptors (Lipinski definition) is 3. The summed E-state index contributed by atoms with van der Waals surface area (Å²) in [6.07, 6.45) is 0.288. The zero-order chi connectivity index (χ0) is 17.3. The van der Waals surface area contributed by atoms with Gasteiger partial charge in [-0.25, -0.2) is 4.79 Å². The Balaban J connectivity index is 0. The first-order valence-corrected chi connectivity index (χ1v) is 8.36. The van der Waals surface area contributed by atoms with E-state index in [0.29, 0.717) is 12.5 Å². The first-order valence-electron chi connectivity index (χ1n) is 8.36. The van der Waals surface area contributed by atoms with Gasteiger partial charge in [0.05, 0.1) is 0 Å². The van der Waals surface area contributed by atoms with Crippen LogP contribution in [0, 0.1) is 11.8 Å². The van der Waals surface area contributed by atoms with Crippen LogP contribution < -0.4 is 5.32 Å². The fraction of sp³-hybridized carbons (Fsp3) is 0.812. The first kappa shape index (κ1) is 20.4. The number of carbonyl (C=O) groups excluding carboxylic acids is 3. The van der Waals surface area contributed by atoms with Gasteiger partial charge >= 0.3 is 6.03 Å². The van der Waals surface area contributed by atoms with Crippen molar-refractivity contribution in [1.82, 2.24) is 15.1 Å². The van der Waals surface area contributed by atoms with Crippen LogP contribution in [0.1, 0.15) is 49.4 Å². The molecule has 0 aromatic rings. The smallest absolute Gasteiger partial charge is 0.317 e. The Bertz CT molecular complexity index is 385. The second-order valence-electron chi connectivity index (χ2n) is 5.23. The molecular formula is C16H33N3O3. The molecule has 4 amide bonds. The van der Waals surface area contributed by atoms with Crippen LogP contribution in [-0.4, -0.2) is 53.8 Å². The van der Waals surface area contributed by atoms with E-state index >= 15 is 0 Å². The number of nitrogens with zero attached hydrogens (tertiary/aromatic N) is 2. The third-order valence-electron chi connectivity index (χ3n) is 3.43. The van der Waals surface area contributed by atoms with Crippen molar-refractivity contribution in [2.24, 2.45) is 11.8 Å². The highest BCUT2D eigenvalue weighted by Gasteiger charge is 2.35. The van der Waals surface area contributed by atoms with E-state index in [-0.39, 0.29) is 38.2 Å². The maximum atomic E-state index is 11.6. The quantitative estimate of drug-likeness (QED) is 0.813. The molecule has 0 aromatic carbocycles. The van der Waals surface area contributed by atoms with Crippen molar-refractivity contribution in [3.8, 4) is 0 Å². The molecule has 2 aliphatic heterocycles. The van der Waals surface area contributed by atoms with Crippen molar-refractivity contribution in [2.45, 2.75) is 48.0 Å². The summed E-state index contributed by atoms with van der Waals surface area (Å²) >= 11 is 0. The van der Waals surface area contributed by atoms with Crippen LogP contribution in [0.15, 0.2) is 0 Å². The lowest BCUT2D eigenvalue weighted by molar-refractivity contribution is -0.139. The average Bonchev–Trinajstić information content (AvgIpc) is 2.74. The fourth-order valence-electron chi connectivity index (χ4n) is 2.33. The van der Waals surface area contributed by atoms with Crippen LogP contribution in [0.5, 0.6) is 0 Å². The molecule has 2 fully saturated rings. The highest BCUT2D eigenvalue weighted by molar-refractivity contribution is 6.03. The molecule has 0 aliphatic carbocycles. The van der Waals surface area contributed by atoms with Gasteiger partial charge in [0, 0.05) is 39.9 Å². The lowest BCUT2D eigenvalue weighted by Gasteiger charge is -2.37. The van der Waals surface area contributed by atoms with E-state index < -0.39 is 0 Å². The van der Waals surface area contributed by atoms with E-state index in [0.717, 1.165) is 13.1 Å². The molecule has 2 heterocycles. The third kappa shape index (κ3) is 5.31.